The van der Waals surface area contributed by atoms with E-state index in [4.69, 9.17) is 14.2 Å². The second-order valence-electron chi connectivity index (χ2n) is 7.12. The molecule has 0 radical (unpaired) electrons. The molecule has 0 bridgehead atoms. The summed E-state index contributed by atoms with van der Waals surface area (Å²) in [5, 5.41) is 3.02. The molecule has 1 unspecified atom stereocenters. The highest BCUT2D eigenvalue weighted by atomic mass is 16.7. The maximum atomic E-state index is 12.5. The Balaban J connectivity index is 1.24. The smallest absolute Gasteiger partial charge is 0.317 e. The summed E-state index contributed by atoms with van der Waals surface area (Å²) >= 11 is 0. The summed E-state index contributed by atoms with van der Waals surface area (Å²) in [6, 6.07) is 5.77. The lowest BCUT2D eigenvalue weighted by Gasteiger charge is -2.24. The van der Waals surface area contributed by atoms with E-state index in [1.165, 1.54) is 6.42 Å². The summed E-state index contributed by atoms with van der Waals surface area (Å²) in [4.78, 5) is 16.9. The van der Waals surface area contributed by atoms with Gasteiger partial charge in [-0.3, -0.25) is 4.90 Å². The van der Waals surface area contributed by atoms with Crippen LogP contribution in [0.5, 0.6) is 11.5 Å². The third-order valence-electron chi connectivity index (χ3n) is 5.24. The normalized spacial score (nSPS) is 23.1. The number of nitrogens with one attached hydrogen (secondary N) is 1. The molecule has 1 aromatic rings. The van der Waals surface area contributed by atoms with Crippen LogP contribution >= 0.6 is 0 Å². The Bertz CT molecular complexity index is 633. The van der Waals surface area contributed by atoms with Crippen molar-refractivity contribution in [1.29, 1.82) is 0 Å². The van der Waals surface area contributed by atoms with Crippen molar-refractivity contribution in [1.82, 2.24) is 15.1 Å². The monoisotopic (exact) mass is 361 g/mol. The van der Waals surface area contributed by atoms with E-state index < -0.39 is 0 Å². The van der Waals surface area contributed by atoms with Crippen LogP contribution in [-0.4, -0.2) is 68.1 Å². The Labute approximate surface area is 154 Å². The van der Waals surface area contributed by atoms with Gasteiger partial charge in [-0.2, -0.15) is 0 Å². The Morgan fingerprint density at radius 3 is 2.92 bits per heavy atom. The van der Waals surface area contributed by atoms with Gasteiger partial charge in [0, 0.05) is 39.3 Å². The predicted octanol–water partition coefficient (Wildman–Crippen LogP) is 1.81. The zero-order chi connectivity index (χ0) is 17.8. The molecule has 1 N–H and O–H groups in total. The topological polar surface area (TPSA) is 63.3 Å². The van der Waals surface area contributed by atoms with Gasteiger partial charge in [-0.15, -0.1) is 0 Å². The number of hydrogen-bond donors (Lipinski definition) is 1. The molecule has 3 aliphatic rings. The number of amides is 2. The fourth-order valence-electron chi connectivity index (χ4n) is 3.77. The number of benzene rings is 1. The number of nitrogens with zero attached hydrogens (tertiary/aromatic N) is 2. The van der Waals surface area contributed by atoms with Crippen LogP contribution in [-0.2, 0) is 11.3 Å². The Hall–Kier alpha value is -1.99. The molecular weight excluding hydrogens is 334 g/mol. The third-order valence-corrected chi connectivity index (χ3v) is 5.24. The van der Waals surface area contributed by atoms with Crippen molar-refractivity contribution in [3.8, 4) is 11.5 Å². The Morgan fingerprint density at radius 1 is 1.12 bits per heavy atom. The molecule has 2 fully saturated rings. The second kappa shape index (κ2) is 8.14. The molecule has 2 saturated heterocycles. The van der Waals surface area contributed by atoms with Gasteiger partial charge in [0.2, 0.25) is 6.79 Å². The molecule has 7 heteroatoms. The van der Waals surface area contributed by atoms with Gasteiger partial charge in [0.15, 0.2) is 11.5 Å². The van der Waals surface area contributed by atoms with Gasteiger partial charge in [0.05, 0.1) is 6.10 Å². The molecule has 4 rings (SSSR count). The number of ether oxygens (including phenoxy) is 3. The highest BCUT2D eigenvalue weighted by molar-refractivity contribution is 5.74. The van der Waals surface area contributed by atoms with Gasteiger partial charge in [0.25, 0.3) is 0 Å². The van der Waals surface area contributed by atoms with Crippen LogP contribution < -0.4 is 14.8 Å². The van der Waals surface area contributed by atoms with E-state index in [9.17, 15) is 4.79 Å². The molecule has 7 nitrogen and oxygen atoms in total. The van der Waals surface area contributed by atoms with Crippen molar-refractivity contribution in [2.75, 3.05) is 46.1 Å². The maximum absolute atomic E-state index is 12.5. The molecule has 0 aromatic heterocycles. The zero-order valence-corrected chi connectivity index (χ0v) is 15.1. The lowest BCUT2D eigenvalue weighted by molar-refractivity contribution is 0.0746. The van der Waals surface area contributed by atoms with Crippen molar-refractivity contribution in [2.45, 2.75) is 31.9 Å². The van der Waals surface area contributed by atoms with E-state index in [-0.39, 0.29) is 12.8 Å². The van der Waals surface area contributed by atoms with Gasteiger partial charge < -0.3 is 24.4 Å². The molecular formula is C19H27N3O4. The predicted molar refractivity (Wildman–Crippen MR) is 96.4 cm³/mol. The SMILES string of the molecule is O=C(NCc1ccc2c(c1)OCO2)N1CCCN(CC2CCCO2)CC1. The first-order chi connectivity index (χ1) is 12.8. The molecule has 1 atom stereocenters. The summed E-state index contributed by atoms with van der Waals surface area (Å²) in [6.45, 7) is 6.16. The second-order valence-corrected chi connectivity index (χ2v) is 7.12. The number of carbonyl (C=O) groups excluding carboxylic acids is 1. The summed E-state index contributed by atoms with van der Waals surface area (Å²) in [5.74, 6) is 1.51. The van der Waals surface area contributed by atoms with E-state index in [0.29, 0.717) is 12.6 Å². The third kappa shape index (κ3) is 4.22. The van der Waals surface area contributed by atoms with Gasteiger partial charge >= 0.3 is 6.03 Å². The van der Waals surface area contributed by atoms with Crippen LogP contribution in [0.3, 0.4) is 0 Å². The molecule has 1 aromatic carbocycles. The number of rotatable bonds is 4. The molecule has 3 heterocycles. The molecule has 0 saturated carbocycles. The number of urea groups is 1. The summed E-state index contributed by atoms with van der Waals surface area (Å²) in [7, 11) is 0. The van der Waals surface area contributed by atoms with Crippen LogP contribution in [0.1, 0.15) is 24.8 Å². The minimum absolute atomic E-state index is 0.00151. The van der Waals surface area contributed by atoms with E-state index >= 15 is 0 Å². The molecule has 26 heavy (non-hydrogen) atoms. The molecule has 0 aliphatic carbocycles. The molecule has 2 amide bonds. The van der Waals surface area contributed by atoms with E-state index in [2.05, 4.69) is 10.2 Å². The molecule has 3 aliphatic heterocycles. The standard InChI is InChI=1S/C19H27N3O4/c23-19(20-12-15-4-5-17-18(11-15)26-14-25-17)22-7-2-6-21(8-9-22)13-16-3-1-10-24-16/h4-5,11,16H,1-3,6-10,12-14H2,(H,20,23). The fourth-order valence-corrected chi connectivity index (χ4v) is 3.77. The van der Waals surface area contributed by atoms with Crippen molar-refractivity contribution in [3.63, 3.8) is 0 Å². The Kier molecular flexibility index (Phi) is 5.45. The van der Waals surface area contributed by atoms with Crippen LogP contribution in [0, 0.1) is 0 Å². The summed E-state index contributed by atoms with van der Waals surface area (Å²) in [5.41, 5.74) is 1.01. The van der Waals surface area contributed by atoms with Gasteiger partial charge in [-0.25, -0.2) is 4.79 Å². The minimum Gasteiger partial charge on any atom is -0.454 e. The average Bonchev–Trinajstić information content (AvgIpc) is 3.27. The van der Waals surface area contributed by atoms with E-state index in [0.717, 1.165) is 69.2 Å². The zero-order valence-electron chi connectivity index (χ0n) is 15.1. The van der Waals surface area contributed by atoms with Crippen molar-refractivity contribution in [3.05, 3.63) is 23.8 Å². The fraction of sp³-hybridized carbons (Fsp3) is 0.632. The van der Waals surface area contributed by atoms with E-state index in [1.54, 1.807) is 0 Å². The average molecular weight is 361 g/mol. The maximum Gasteiger partial charge on any atom is 0.317 e. The van der Waals surface area contributed by atoms with Gasteiger partial charge in [-0.1, -0.05) is 6.07 Å². The van der Waals surface area contributed by atoms with Crippen molar-refractivity contribution in [2.24, 2.45) is 0 Å². The lowest BCUT2D eigenvalue weighted by atomic mass is 10.2. The largest absolute Gasteiger partial charge is 0.454 e. The summed E-state index contributed by atoms with van der Waals surface area (Å²) < 4.78 is 16.4. The Morgan fingerprint density at radius 2 is 2.04 bits per heavy atom. The van der Waals surface area contributed by atoms with Crippen LogP contribution in [0.4, 0.5) is 4.79 Å². The number of hydrogen-bond acceptors (Lipinski definition) is 5. The van der Waals surface area contributed by atoms with Crippen molar-refractivity contribution >= 4 is 6.03 Å². The van der Waals surface area contributed by atoms with Crippen LogP contribution in [0.2, 0.25) is 0 Å². The molecule has 142 valence electrons. The first-order valence-electron chi connectivity index (χ1n) is 9.53. The quantitative estimate of drug-likeness (QED) is 0.886. The van der Waals surface area contributed by atoms with Crippen molar-refractivity contribution < 1.29 is 19.0 Å². The first-order valence-corrected chi connectivity index (χ1v) is 9.53. The highest BCUT2D eigenvalue weighted by Crippen LogP contribution is 2.32. The number of fused-ring (bicyclic) bond motifs is 1. The van der Waals surface area contributed by atoms with Crippen LogP contribution in [0.25, 0.3) is 0 Å². The summed E-state index contributed by atoms with van der Waals surface area (Å²) in [6.07, 6.45) is 3.72. The van der Waals surface area contributed by atoms with Crippen LogP contribution in [0.15, 0.2) is 18.2 Å². The molecule has 0 spiro atoms. The van der Waals surface area contributed by atoms with Gasteiger partial charge in [0.1, 0.15) is 0 Å². The number of carbonyl (C=O) groups is 1. The van der Waals surface area contributed by atoms with Gasteiger partial charge in [-0.05, 0) is 43.5 Å². The first kappa shape index (κ1) is 17.4. The minimum atomic E-state index is 0.00151. The highest BCUT2D eigenvalue weighted by Gasteiger charge is 2.23. The lowest BCUT2D eigenvalue weighted by Crippen LogP contribution is -2.42. The van der Waals surface area contributed by atoms with E-state index in [1.807, 2.05) is 23.1 Å².